The molecule has 0 radical (unpaired) electrons. The van der Waals surface area contributed by atoms with Gasteiger partial charge in [0, 0.05) is 11.1 Å². The number of carbonyl (C=O) groups excluding carboxylic acids is 1. The third-order valence-corrected chi connectivity index (χ3v) is 3.04. The van der Waals surface area contributed by atoms with Gasteiger partial charge in [0.1, 0.15) is 5.76 Å². The molecular formula is C16H12O2. The first-order valence-electron chi connectivity index (χ1n) is 5.78. The molecule has 2 aliphatic rings. The third kappa shape index (κ3) is 1.63. The Labute approximate surface area is 105 Å². The minimum Gasteiger partial charge on any atom is -0.423 e. The fourth-order valence-corrected chi connectivity index (χ4v) is 2.08. The Hall–Kier alpha value is -2.35. The molecule has 2 aliphatic carbocycles. The number of allylic oxidation sites excluding steroid dienone is 2. The zero-order chi connectivity index (χ0) is 12.7. The summed E-state index contributed by atoms with van der Waals surface area (Å²) in [4.78, 5) is 11.5. The van der Waals surface area contributed by atoms with E-state index in [-0.39, 0.29) is 5.97 Å². The molecule has 0 heterocycles. The summed E-state index contributed by atoms with van der Waals surface area (Å²) in [6, 6.07) is 4.15. The second-order valence-electron chi connectivity index (χ2n) is 4.46. The molecule has 0 aromatic heterocycles. The maximum atomic E-state index is 11.5. The summed E-state index contributed by atoms with van der Waals surface area (Å²) in [6.45, 7) is 5.22. The summed E-state index contributed by atoms with van der Waals surface area (Å²) in [5.41, 5.74) is 2.56. The molecule has 0 amide bonds. The van der Waals surface area contributed by atoms with Crippen LogP contribution in [0.2, 0.25) is 0 Å². The van der Waals surface area contributed by atoms with Crippen molar-refractivity contribution < 1.29 is 9.53 Å². The number of esters is 1. The van der Waals surface area contributed by atoms with Gasteiger partial charge in [0.05, 0.1) is 0 Å². The minimum absolute atomic E-state index is 0.384. The van der Waals surface area contributed by atoms with E-state index in [4.69, 9.17) is 4.74 Å². The van der Waals surface area contributed by atoms with E-state index in [2.05, 4.69) is 18.7 Å². The Kier molecular flexibility index (Phi) is 2.30. The van der Waals surface area contributed by atoms with E-state index in [1.807, 2.05) is 30.4 Å². The number of fused-ring (bicyclic) bond motifs is 2. The lowest BCUT2D eigenvalue weighted by atomic mass is 10.1. The molecule has 0 fully saturated rings. The van der Waals surface area contributed by atoms with Crippen LogP contribution in [0.15, 0.2) is 36.4 Å². The average Bonchev–Trinajstić information content (AvgIpc) is 2.93. The van der Waals surface area contributed by atoms with Gasteiger partial charge in [-0.1, -0.05) is 30.9 Å². The first-order chi connectivity index (χ1) is 8.65. The van der Waals surface area contributed by atoms with Crippen molar-refractivity contribution in [1.29, 1.82) is 0 Å². The van der Waals surface area contributed by atoms with Gasteiger partial charge in [0.2, 0.25) is 0 Å². The molecule has 0 saturated heterocycles. The third-order valence-electron chi connectivity index (χ3n) is 3.04. The standard InChI is InChI=1S/C16H12O2/c1-10(2)16(17)18-15-7-6-13-8-11-4-3-5-12(11)9-14(13)15/h3-9H,1H2,2H3. The van der Waals surface area contributed by atoms with Crippen molar-refractivity contribution in [2.24, 2.45) is 0 Å². The van der Waals surface area contributed by atoms with Crippen molar-refractivity contribution in [3.63, 3.8) is 0 Å². The highest BCUT2D eigenvalue weighted by Crippen LogP contribution is 2.18. The normalized spacial score (nSPS) is 14.2. The van der Waals surface area contributed by atoms with Gasteiger partial charge in [0.25, 0.3) is 0 Å². The highest BCUT2D eigenvalue weighted by Gasteiger charge is 2.15. The molecule has 88 valence electrons. The lowest BCUT2D eigenvalue weighted by Crippen LogP contribution is -2.15. The SMILES string of the molecule is C=C(C)C(=O)OC1=CC=c2cc3c(cc21)=CC=C3. The zero-order valence-electron chi connectivity index (χ0n) is 10.1. The van der Waals surface area contributed by atoms with Gasteiger partial charge in [-0.2, -0.15) is 0 Å². The second-order valence-corrected chi connectivity index (χ2v) is 4.46. The summed E-state index contributed by atoms with van der Waals surface area (Å²) in [5.74, 6) is 0.214. The molecule has 0 N–H and O–H groups in total. The smallest absolute Gasteiger partial charge is 0.338 e. The highest BCUT2D eigenvalue weighted by atomic mass is 16.5. The Morgan fingerprint density at radius 1 is 1.17 bits per heavy atom. The van der Waals surface area contributed by atoms with Crippen LogP contribution in [0.1, 0.15) is 18.1 Å². The van der Waals surface area contributed by atoms with E-state index >= 15 is 0 Å². The molecule has 0 unspecified atom stereocenters. The average molecular weight is 236 g/mol. The topological polar surface area (TPSA) is 26.3 Å². The summed E-state index contributed by atoms with van der Waals surface area (Å²) >= 11 is 0. The van der Waals surface area contributed by atoms with E-state index in [0.717, 1.165) is 16.0 Å². The van der Waals surface area contributed by atoms with Gasteiger partial charge >= 0.3 is 5.97 Å². The zero-order valence-corrected chi connectivity index (χ0v) is 10.1. The Balaban J connectivity index is 2.00. The summed E-state index contributed by atoms with van der Waals surface area (Å²) < 4.78 is 5.32. The molecule has 0 bridgehead atoms. The van der Waals surface area contributed by atoms with E-state index in [1.54, 1.807) is 6.92 Å². The van der Waals surface area contributed by atoms with Crippen molar-refractivity contribution >= 4 is 30.0 Å². The first kappa shape index (κ1) is 10.8. The van der Waals surface area contributed by atoms with Gasteiger partial charge < -0.3 is 4.74 Å². The van der Waals surface area contributed by atoms with E-state index in [9.17, 15) is 4.79 Å². The van der Waals surface area contributed by atoms with Crippen LogP contribution < -0.4 is 10.4 Å². The molecule has 1 aromatic rings. The predicted octanol–water partition coefficient (Wildman–Crippen LogP) is 1.75. The molecular weight excluding hydrogens is 224 g/mol. The van der Waals surface area contributed by atoms with Crippen molar-refractivity contribution in [1.82, 2.24) is 0 Å². The maximum absolute atomic E-state index is 11.5. The molecule has 18 heavy (non-hydrogen) atoms. The van der Waals surface area contributed by atoms with Crippen LogP contribution in [0, 0.1) is 0 Å². The molecule has 2 nitrogen and oxygen atoms in total. The number of hydrogen-bond donors (Lipinski definition) is 0. The largest absolute Gasteiger partial charge is 0.423 e. The number of benzene rings is 1. The summed E-state index contributed by atoms with van der Waals surface area (Å²) in [6.07, 6.45) is 9.92. The van der Waals surface area contributed by atoms with Crippen LogP contribution in [0.5, 0.6) is 0 Å². The monoisotopic (exact) mass is 236 g/mol. The van der Waals surface area contributed by atoms with Crippen molar-refractivity contribution in [3.05, 3.63) is 58.0 Å². The lowest BCUT2D eigenvalue weighted by molar-refractivity contribution is -0.132. The highest BCUT2D eigenvalue weighted by molar-refractivity contribution is 5.92. The van der Waals surface area contributed by atoms with Gasteiger partial charge in [0.15, 0.2) is 0 Å². The minimum atomic E-state index is -0.384. The molecule has 1 aromatic carbocycles. The molecule has 3 rings (SSSR count). The predicted molar refractivity (Wildman–Crippen MR) is 72.5 cm³/mol. The number of hydrogen-bond acceptors (Lipinski definition) is 2. The van der Waals surface area contributed by atoms with Crippen molar-refractivity contribution in [2.45, 2.75) is 6.92 Å². The van der Waals surface area contributed by atoms with Crippen molar-refractivity contribution in [3.8, 4) is 0 Å². The van der Waals surface area contributed by atoms with Crippen LogP contribution in [0.4, 0.5) is 0 Å². The lowest BCUT2D eigenvalue weighted by Gasteiger charge is -2.07. The second kappa shape index (κ2) is 3.84. The Morgan fingerprint density at radius 2 is 2.00 bits per heavy atom. The maximum Gasteiger partial charge on any atom is 0.338 e. The van der Waals surface area contributed by atoms with Crippen LogP contribution >= 0.6 is 0 Å². The van der Waals surface area contributed by atoms with Crippen LogP contribution in [-0.2, 0) is 9.53 Å². The van der Waals surface area contributed by atoms with Crippen LogP contribution in [0.3, 0.4) is 0 Å². The van der Waals surface area contributed by atoms with E-state index in [0.29, 0.717) is 11.3 Å². The number of ether oxygens (including phenoxy) is 1. The number of carbonyl (C=O) groups is 1. The fraction of sp³-hybridized carbons (Fsp3) is 0.0625. The molecule has 0 spiro atoms. The van der Waals surface area contributed by atoms with Gasteiger partial charge in [-0.05, 0) is 41.1 Å². The van der Waals surface area contributed by atoms with E-state index in [1.165, 1.54) is 5.56 Å². The van der Waals surface area contributed by atoms with Crippen molar-refractivity contribution in [2.75, 3.05) is 0 Å². The van der Waals surface area contributed by atoms with Gasteiger partial charge in [-0.15, -0.1) is 0 Å². The van der Waals surface area contributed by atoms with E-state index < -0.39 is 0 Å². The number of rotatable bonds is 2. The van der Waals surface area contributed by atoms with Crippen LogP contribution in [-0.4, -0.2) is 5.97 Å². The fourth-order valence-electron chi connectivity index (χ4n) is 2.08. The van der Waals surface area contributed by atoms with Crippen LogP contribution in [0.25, 0.3) is 24.0 Å². The first-order valence-corrected chi connectivity index (χ1v) is 5.78. The molecule has 2 heteroatoms. The summed E-state index contributed by atoms with van der Waals surface area (Å²) in [7, 11) is 0. The molecule has 0 atom stereocenters. The Morgan fingerprint density at radius 3 is 2.78 bits per heavy atom. The quantitative estimate of drug-likeness (QED) is 0.577. The van der Waals surface area contributed by atoms with Gasteiger partial charge in [-0.3, -0.25) is 0 Å². The molecule has 0 aliphatic heterocycles. The van der Waals surface area contributed by atoms with Gasteiger partial charge in [-0.25, -0.2) is 4.79 Å². The molecule has 0 saturated carbocycles. The Bertz CT molecular complexity index is 746. The summed E-state index contributed by atoms with van der Waals surface area (Å²) in [5, 5.41) is 2.24.